The molecule has 1 amide bonds. The van der Waals surface area contributed by atoms with Gasteiger partial charge in [-0.05, 0) is 76.0 Å². The largest absolute Gasteiger partial charge is 0.481 e. The number of unbranched alkanes of at least 4 members (excludes halogenated alkanes) is 1. The van der Waals surface area contributed by atoms with Gasteiger partial charge >= 0.3 is 5.97 Å². The monoisotopic (exact) mass is 509 g/mol. The van der Waals surface area contributed by atoms with Gasteiger partial charge in [0.2, 0.25) is 5.91 Å². The van der Waals surface area contributed by atoms with Crippen molar-refractivity contribution in [1.82, 2.24) is 19.6 Å². The van der Waals surface area contributed by atoms with Gasteiger partial charge in [-0.3, -0.25) is 9.59 Å². The van der Waals surface area contributed by atoms with Crippen molar-refractivity contribution in [3.8, 4) is 5.69 Å². The number of aliphatic carboxylic acids is 1. The predicted octanol–water partition coefficient (Wildman–Crippen LogP) is 3.16. The number of likely N-dealkylation sites (tertiary alicyclic amines) is 1. The molecule has 1 aromatic heterocycles. The second kappa shape index (κ2) is 12.4. The number of carboxylic acids is 1. The minimum absolute atomic E-state index is 0.0829. The lowest BCUT2D eigenvalue weighted by Gasteiger charge is -2.37. The molecule has 2 aromatic rings. The van der Waals surface area contributed by atoms with Crippen molar-refractivity contribution >= 4 is 23.9 Å². The molecule has 9 nitrogen and oxygen atoms in total. The van der Waals surface area contributed by atoms with Crippen molar-refractivity contribution in [2.24, 2.45) is 0 Å². The van der Waals surface area contributed by atoms with Crippen LogP contribution in [-0.4, -0.2) is 88.7 Å². The Balaban J connectivity index is 1.60. The minimum Gasteiger partial charge on any atom is -0.481 e. The standard InChI is InChI=1S/C28H39N5O4/c1-21-15-22(2)33(29-21)26-17-23(24(18-28(36)37)20-30-8-4-5-9-30)16-25(19-26)31-10-12-32(13-11-31)27(35)7-3-6-14-34/h14-17,19,24H,3-13,18,20H2,1-2H3,(H,36,37). The Labute approximate surface area is 219 Å². The number of benzene rings is 1. The van der Waals surface area contributed by atoms with E-state index < -0.39 is 5.97 Å². The lowest BCUT2D eigenvalue weighted by Crippen LogP contribution is -2.48. The summed E-state index contributed by atoms with van der Waals surface area (Å²) in [5.41, 5.74) is 4.94. The zero-order valence-electron chi connectivity index (χ0n) is 22.1. The predicted molar refractivity (Wildman–Crippen MR) is 142 cm³/mol. The van der Waals surface area contributed by atoms with Gasteiger partial charge in [0.15, 0.2) is 0 Å². The van der Waals surface area contributed by atoms with Crippen LogP contribution in [0.4, 0.5) is 5.69 Å². The van der Waals surface area contributed by atoms with Gasteiger partial charge < -0.3 is 24.6 Å². The maximum absolute atomic E-state index is 12.5. The summed E-state index contributed by atoms with van der Waals surface area (Å²) in [5.74, 6) is -0.804. The van der Waals surface area contributed by atoms with Crippen LogP contribution in [0.3, 0.4) is 0 Å². The van der Waals surface area contributed by atoms with Crippen molar-refractivity contribution < 1.29 is 19.5 Å². The van der Waals surface area contributed by atoms with Gasteiger partial charge in [0.25, 0.3) is 0 Å². The summed E-state index contributed by atoms with van der Waals surface area (Å²) in [6.45, 7) is 9.43. The molecule has 2 aliphatic rings. The van der Waals surface area contributed by atoms with Crippen LogP contribution in [0.5, 0.6) is 0 Å². The summed E-state index contributed by atoms with van der Waals surface area (Å²) >= 11 is 0. The Kier molecular flexibility index (Phi) is 8.97. The van der Waals surface area contributed by atoms with Gasteiger partial charge in [-0.2, -0.15) is 5.10 Å². The first-order chi connectivity index (χ1) is 17.8. The average molecular weight is 510 g/mol. The van der Waals surface area contributed by atoms with Crippen LogP contribution in [0.1, 0.15) is 61.4 Å². The molecule has 9 heteroatoms. The number of carbonyl (C=O) groups is 3. The van der Waals surface area contributed by atoms with E-state index >= 15 is 0 Å². The summed E-state index contributed by atoms with van der Waals surface area (Å²) in [6.07, 6.45) is 4.69. The molecule has 0 spiro atoms. The number of nitrogens with zero attached hydrogens (tertiary/aromatic N) is 5. The highest BCUT2D eigenvalue weighted by atomic mass is 16.4. The van der Waals surface area contributed by atoms with Gasteiger partial charge in [0.05, 0.1) is 17.8 Å². The van der Waals surface area contributed by atoms with Crippen molar-refractivity contribution in [1.29, 1.82) is 0 Å². The molecular weight excluding hydrogens is 470 g/mol. The normalized spacial score (nSPS) is 17.2. The molecule has 0 aliphatic carbocycles. The lowest BCUT2D eigenvalue weighted by molar-refractivity contribution is -0.137. The number of rotatable bonds is 11. The molecule has 0 bridgehead atoms. The number of amides is 1. The van der Waals surface area contributed by atoms with Crippen LogP contribution in [0, 0.1) is 13.8 Å². The molecule has 3 heterocycles. The molecule has 4 rings (SSSR count). The van der Waals surface area contributed by atoms with Crippen LogP contribution in [0.25, 0.3) is 5.69 Å². The highest BCUT2D eigenvalue weighted by Gasteiger charge is 2.25. The minimum atomic E-state index is -0.788. The molecule has 2 saturated heterocycles. The van der Waals surface area contributed by atoms with Crippen molar-refractivity contribution in [2.45, 2.75) is 58.3 Å². The Morgan fingerprint density at radius 3 is 2.32 bits per heavy atom. The number of aryl methyl sites for hydroxylation is 2. The highest BCUT2D eigenvalue weighted by Crippen LogP contribution is 2.31. The first-order valence-electron chi connectivity index (χ1n) is 13.4. The Bertz CT molecular complexity index is 1100. The number of carboxylic acid groups (broad SMARTS) is 1. The molecule has 1 atom stereocenters. The van der Waals surface area contributed by atoms with E-state index in [1.807, 2.05) is 29.5 Å². The van der Waals surface area contributed by atoms with E-state index in [0.717, 1.165) is 67.1 Å². The fraction of sp³-hybridized carbons (Fsp3) is 0.571. The number of hydrogen-bond acceptors (Lipinski definition) is 6. The van der Waals surface area contributed by atoms with Crippen molar-refractivity contribution in [2.75, 3.05) is 50.7 Å². The zero-order chi connectivity index (χ0) is 26.4. The van der Waals surface area contributed by atoms with Crippen LogP contribution in [0.2, 0.25) is 0 Å². The second-order valence-corrected chi connectivity index (χ2v) is 10.4. The van der Waals surface area contributed by atoms with E-state index in [1.165, 1.54) is 0 Å². The molecule has 1 aromatic carbocycles. The summed E-state index contributed by atoms with van der Waals surface area (Å²) in [4.78, 5) is 41.5. The summed E-state index contributed by atoms with van der Waals surface area (Å²) in [7, 11) is 0. The third kappa shape index (κ3) is 6.97. The van der Waals surface area contributed by atoms with E-state index in [-0.39, 0.29) is 18.2 Å². The molecule has 2 fully saturated rings. The Hall–Kier alpha value is -3.20. The van der Waals surface area contributed by atoms with E-state index in [4.69, 9.17) is 5.10 Å². The number of aldehydes is 1. The van der Waals surface area contributed by atoms with Crippen LogP contribution >= 0.6 is 0 Å². The van der Waals surface area contributed by atoms with E-state index in [0.29, 0.717) is 45.4 Å². The molecular formula is C28H39N5O4. The summed E-state index contributed by atoms with van der Waals surface area (Å²) in [5, 5.41) is 14.4. The number of anilines is 1. The van der Waals surface area contributed by atoms with Crippen LogP contribution < -0.4 is 4.90 Å². The first kappa shape index (κ1) is 26.9. The Morgan fingerprint density at radius 2 is 1.70 bits per heavy atom. The van der Waals surface area contributed by atoms with Crippen molar-refractivity contribution in [3.05, 3.63) is 41.2 Å². The fourth-order valence-corrected chi connectivity index (χ4v) is 5.53. The fourth-order valence-electron chi connectivity index (χ4n) is 5.53. The third-order valence-corrected chi connectivity index (χ3v) is 7.46. The number of carbonyl (C=O) groups excluding carboxylic acids is 2. The SMILES string of the molecule is Cc1cc(C)n(-c2cc(C(CC(=O)O)CN3CCCC3)cc(N3CCN(C(=O)CCCC=O)CC3)c2)n1. The Morgan fingerprint density at radius 1 is 1.00 bits per heavy atom. The molecule has 1 unspecified atom stereocenters. The van der Waals surface area contributed by atoms with E-state index in [2.05, 4.69) is 28.0 Å². The summed E-state index contributed by atoms with van der Waals surface area (Å²) < 4.78 is 1.93. The zero-order valence-corrected chi connectivity index (χ0v) is 22.1. The van der Waals surface area contributed by atoms with Crippen molar-refractivity contribution in [3.63, 3.8) is 0 Å². The number of aromatic nitrogens is 2. The molecule has 200 valence electrons. The molecule has 0 radical (unpaired) electrons. The van der Waals surface area contributed by atoms with Gasteiger partial charge in [-0.25, -0.2) is 4.68 Å². The molecule has 0 saturated carbocycles. The number of hydrogen-bond donors (Lipinski definition) is 1. The smallest absolute Gasteiger partial charge is 0.304 e. The first-order valence-corrected chi connectivity index (χ1v) is 13.4. The number of piperazine rings is 1. The van der Waals surface area contributed by atoms with Crippen LogP contribution in [-0.2, 0) is 14.4 Å². The molecule has 2 aliphatic heterocycles. The third-order valence-electron chi connectivity index (χ3n) is 7.46. The van der Waals surface area contributed by atoms with E-state index in [9.17, 15) is 19.5 Å². The molecule has 1 N–H and O–H groups in total. The lowest BCUT2D eigenvalue weighted by atomic mass is 9.93. The van der Waals surface area contributed by atoms with Gasteiger partial charge in [0.1, 0.15) is 6.29 Å². The van der Waals surface area contributed by atoms with Crippen LogP contribution in [0.15, 0.2) is 24.3 Å². The second-order valence-electron chi connectivity index (χ2n) is 10.4. The van der Waals surface area contributed by atoms with E-state index in [1.54, 1.807) is 0 Å². The quantitative estimate of drug-likeness (QED) is 0.367. The highest BCUT2D eigenvalue weighted by molar-refractivity contribution is 5.77. The van der Waals surface area contributed by atoms with Gasteiger partial charge in [-0.15, -0.1) is 0 Å². The van der Waals surface area contributed by atoms with Gasteiger partial charge in [0, 0.05) is 62.9 Å². The topological polar surface area (TPSA) is 99.0 Å². The van der Waals surface area contributed by atoms with Gasteiger partial charge in [-0.1, -0.05) is 0 Å². The molecule has 37 heavy (non-hydrogen) atoms. The average Bonchev–Trinajstić information content (AvgIpc) is 3.52. The maximum Gasteiger partial charge on any atom is 0.304 e. The summed E-state index contributed by atoms with van der Waals surface area (Å²) in [6, 6.07) is 8.40. The maximum atomic E-state index is 12.5.